The van der Waals surface area contributed by atoms with Gasteiger partial charge >= 0.3 is 11.8 Å². The molecule has 1 aromatic carbocycles. The standard InChI is InChI=1S/C18H22N4O4/c1-13-10-16(21-26-13)20-18(24)17(23)19-11-14-2-4-15(5-3-14)12-22-6-8-25-9-7-22/h2-5,10H,6-9,11-12H2,1H3,(H,19,23)(H,20,21,24). The molecule has 8 nitrogen and oxygen atoms in total. The highest BCUT2D eigenvalue weighted by Gasteiger charge is 2.15. The number of amides is 2. The van der Waals surface area contributed by atoms with Gasteiger partial charge in [-0.25, -0.2) is 0 Å². The van der Waals surface area contributed by atoms with E-state index in [4.69, 9.17) is 9.26 Å². The summed E-state index contributed by atoms with van der Waals surface area (Å²) in [6, 6.07) is 9.52. The molecule has 1 saturated heterocycles. The number of nitrogens with zero attached hydrogens (tertiary/aromatic N) is 2. The van der Waals surface area contributed by atoms with Crippen molar-refractivity contribution < 1.29 is 18.8 Å². The van der Waals surface area contributed by atoms with Gasteiger partial charge in [-0.3, -0.25) is 19.8 Å². The number of aryl methyl sites for hydroxylation is 1. The van der Waals surface area contributed by atoms with Crippen LogP contribution in [0.5, 0.6) is 0 Å². The van der Waals surface area contributed by atoms with Crippen molar-refractivity contribution in [2.45, 2.75) is 20.0 Å². The second kappa shape index (κ2) is 8.59. The summed E-state index contributed by atoms with van der Waals surface area (Å²) in [7, 11) is 0. The fraction of sp³-hybridized carbons (Fsp3) is 0.389. The van der Waals surface area contributed by atoms with Crippen LogP contribution in [0.1, 0.15) is 16.9 Å². The number of ether oxygens (including phenoxy) is 1. The van der Waals surface area contributed by atoms with E-state index in [1.165, 1.54) is 5.56 Å². The van der Waals surface area contributed by atoms with Crippen molar-refractivity contribution >= 4 is 17.6 Å². The molecule has 0 atom stereocenters. The van der Waals surface area contributed by atoms with Crippen molar-refractivity contribution in [3.8, 4) is 0 Å². The lowest BCUT2D eigenvalue weighted by Crippen LogP contribution is -2.35. The van der Waals surface area contributed by atoms with Gasteiger partial charge in [0.2, 0.25) is 0 Å². The lowest BCUT2D eigenvalue weighted by Gasteiger charge is -2.26. The molecule has 2 N–H and O–H groups in total. The first-order valence-corrected chi connectivity index (χ1v) is 8.50. The van der Waals surface area contributed by atoms with E-state index in [0.717, 1.165) is 38.4 Å². The minimum Gasteiger partial charge on any atom is -0.379 e. The van der Waals surface area contributed by atoms with E-state index >= 15 is 0 Å². The Hall–Kier alpha value is -2.71. The third-order valence-electron chi connectivity index (χ3n) is 4.06. The molecule has 0 radical (unpaired) electrons. The Morgan fingerprint density at radius 1 is 1.12 bits per heavy atom. The van der Waals surface area contributed by atoms with Crippen LogP contribution in [0.3, 0.4) is 0 Å². The van der Waals surface area contributed by atoms with Gasteiger partial charge in [-0.1, -0.05) is 29.4 Å². The van der Waals surface area contributed by atoms with Crippen LogP contribution >= 0.6 is 0 Å². The predicted octanol–water partition coefficient (Wildman–Crippen LogP) is 1.07. The number of carbonyl (C=O) groups is 2. The summed E-state index contributed by atoms with van der Waals surface area (Å²) >= 11 is 0. The molecule has 1 aliphatic heterocycles. The van der Waals surface area contributed by atoms with Crippen LogP contribution in [0.15, 0.2) is 34.9 Å². The van der Waals surface area contributed by atoms with Crippen molar-refractivity contribution in [1.82, 2.24) is 15.4 Å². The maximum absolute atomic E-state index is 11.9. The van der Waals surface area contributed by atoms with Gasteiger partial charge in [-0.05, 0) is 18.1 Å². The number of anilines is 1. The first kappa shape index (κ1) is 18.1. The zero-order valence-electron chi connectivity index (χ0n) is 14.7. The van der Waals surface area contributed by atoms with Gasteiger partial charge in [-0.15, -0.1) is 0 Å². The van der Waals surface area contributed by atoms with Gasteiger partial charge in [0.1, 0.15) is 5.76 Å². The molecular weight excluding hydrogens is 336 g/mol. The van der Waals surface area contributed by atoms with Crippen LogP contribution in [0.4, 0.5) is 5.82 Å². The molecule has 2 amide bonds. The summed E-state index contributed by atoms with van der Waals surface area (Å²) in [4.78, 5) is 26.0. The van der Waals surface area contributed by atoms with Crippen LogP contribution in [0, 0.1) is 6.92 Å². The molecule has 1 fully saturated rings. The van der Waals surface area contributed by atoms with Crippen molar-refractivity contribution in [3.63, 3.8) is 0 Å². The third kappa shape index (κ3) is 5.14. The normalized spacial score (nSPS) is 14.8. The quantitative estimate of drug-likeness (QED) is 0.776. The summed E-state index contributed by atoms with van der Waals surface area (Å²) in [5.74, 6) is -0.724. The third-order valence-corrected chi connectivity index (χ3v) is 4.06. The van der Waals surface area contributed by atoms with Gasteiger partial charge in [0, 0.05) is 32.2 Å². The molecule has 2 aromatic rings. The largest absolute Gasteiger partial charge is 0.379 e. The maximum Gasteiger partial charge on any atom is 0.314 e. The van der Waals surface area contributed by atoms with Gasteiger partial charge in [0.05, 0.1) is 13.2 Å². The van der Waals surface area contributed by atoms with Gasteiger partial charge in [0.15, 0.2) is 5.82 Å². The van der Waals surface area contributed by atoms with Crippen LogP contribution in [-0.4, -0.2) is 48.2 Å². The Morgan fingerprint density at radius 2 is 1.81 bits per heavy atom. The van der Waals surface area contributed by atoms with E-state index in [2.05, 4.69) is 20.7 Å². The SMILES string of the molecule is Cc1cc(NC(=O)C(=O)NCc2ccc(CN3CCOCC3)cc2)no1. The van der Waals surface area contributed by atoms with E-state index in [-0.39, 0.29) is 12.4 Å². The summed E-state index contributed by atoms with van der Waals surface area (Å²) in [6.45, 7) is 6.30. The fourth-order valence-corrected chi connectivity index (χ4v) is 2.64. The number of benzene rings is 1. The average molecular weight is 358 g/mol. The topological polar surface area (TPSA) is 96.7 Å². The number of rotatable bonds is 5. The maximum atomic E-state index is 11.9. The zero-order valence-corrected chi connectivity index (χ0v) is 14.7. The number of morpholine rings is 1. The number of nitrogens with one attached hydrogen (secondary N) is 2. The first-order valence-electron chi connectivity index (χ1n) is 8.50. The van der Waals surface area contributed by atoms with Crippen LogP contribution in [-0.2, 0) is 27.4 Å². The second-order valence-corrected chi connectivity index (χ2v) is 6.16. The first-order chi connectivity index (χ1) is 12.6. The molecule has 1 aliphatic rings. The van der Waals surface area contributed by atoms with E-state index < -0.39 is 11.8 Å². The van der Waals surface area contributed by atoms with Gasteiger partial charge in [-0.2, -0.15) is 0 Å². The summed E-state index contributed by atoms with van der Waals surface area (Å²) < 4.78 is 10.2. The van der Waals surface area contributed by atoms with Crippen molar-refractivity contribution in [3.05, 3.63) is 47.2 Å². The Balaban J connectivity index is 1.44. The fourth-order valence-electron chi connectivity index (χ4n) is 2.64. The van der Waals surface area contributed by atoms with E-state index in [1.807, 2.05) is 24.3 Å². The summed E-state index contributed by atoms with van der Waals surface area (Å²) in [5, 5.41) is 8.59. The highest BCUT2D eigenvalue weighted by Crippen LogP contribution is 2.09. The molecule has 138 valence electrons. The van der Waals surface area contributed by atoms with E-state index in [0.29, 0.717) is 5.76 Å². The monoisotopic (exact) mass is 358 g/mol. The minimum absolute atomic E-state index is 0.218. The number of aromatic nitrogens is 1. The molecule has 2 heterocycles. The van der Waals surface area contributed by atoms with Gasteiger partial charge < -0.3 is 14.6 Å². The zero-order chi connectivity index (χ0) is 18.4. The number of hydrogen-bond acceptors (Lipinski definition) is 6. The molecule has 0 aliphatic carbocycles. The molecule has 0 saturated carbocycles. The van der Waals surface area contributed by atoms with Crippen molar-refractivity contribution in [2.24, 2.45) is 0 Å². The summed E-state index contributed by atoms with van der Waals surface area (Å²) in [5.41, 5.74) is 2.13. The molecule has 26 heavy (non-hydrogen) atoms. The molecule has 0 unspecified atom stereocenters. The number of carbonyl (C=O) groups excluding carboxylic acids is 2. The molecule has 0 spiro atoms. The van der Waals surface area contributed by atoms with E-state index in [9.17, 15) is 9.59 Å². The number of hydrogen-bond donors (Lipinski definition) is 2. The summed E-state index contributed by atoms with van der Waals surface area (Å²) in [6.07, 6.45) is 0. The van der Waals surface area contributed by atoms with Crippen LogP contribution < -0.4 is 10.6 Å². The molecule has 1 aromatic heterocycles. The smallest absolute Gasteiger partial charge is 0.314 e. The van der Waals surface area contributed by atoms with Crippen molar-refractivity contribution in [2.75, 3.05) is 31.6 Å². The Morgan fingerprint density at radius 3 is 2.46 bits per heavy atom. The lowest BCUT2D eigenvalue weighted by atomic mass is 10.1. The molecule has 3 rings (SSSR count). The highest BCUT2D eigenvalue weighted by atomic mass is 16.5. The minimum atomic E-state index is -0.776. The Bertz CT molecular complexity index is 751. The van der Waals surface area contributed by atoms with Crippen LogP contribution in [0.2, 0.25) is 0 Å². The lowest BCUT2D eigenvalue weighted by molar-refractivity contribution is -0.136. The highest BCUT2D eigenvalue weighted by molar-refractivity contribution is 6.39. The Labute approximate surface area is 151 Å². The average Bonchev–Trinajstić information content (AvgIpc) is 3.06. The Kier molecular flexibility index (Phi) is 5.98. The predicted molar refractivity (Wildman–Crippen MR) is 94.3 cm³/mol. The van der Waals surface area contributed by atoms with Crippen molar-refractivity contribution in [1.29, 1.82) is 0 Å². The van der Waals surface area contributed by atoms with Crippen LogP contribution in [0.25, 0.3) is 0 Å². The second-order valence-electron chi connectivity index (χ2n) is 6.16. The molecule has 8 heteroatoms. The molecule has 0 bridgehead atoms. The molecular formula is C18H22N4O4. The van der Waals surface area contributed by atoms with E-state index in [1.54, 1.807) is 13.0 Å². The van der Waals surface area contributed by atoms with Gasteiger partial charge in [0.25, 0.3) is 0 Å².